The smallest absolute Gasteiger partial charge is 0.0518 e. The molecule has 1 aliphatic carbocycles. The molecule has 1 aromatic heterocycles. The molecule has 1 unspecified atom stereocenters. The van der Waals surface area contributed by atoms with Gasteiger partial charge in [0.05, 0.1) is 5.38 Å². The summed E-state index contributed by atoms with van der Waals surface area (Å²) in [5.74, 6) is 0. The van der Waals surface area contributed by atoms with Crippen LogP contribution in [0.3, 0.4) is 0 Å². The van der Waals surface area contributed by atoms with Gasteiger partial charge < -0.3 is 0 Å². The van der Waals surface area contributed by atoms with Crippen LogP contribution in [-0.4, -0.2) is 10.4 Å². The van der Waals surface area contributed by atoms with Gasteiger partial charge in [-0.05, 0) is 37.3 Å². The number of halogens is 1. The van der Waals surface area contributed by atoms with E-state index >= 15 is 0 Å². The van der Waals surface area contributed by atoms with Gasteiger partial charge in [0, 0.05) is 18.3 Å². The molecule has 0 spiro atoms. The number of aryl methyl sites for hydroxylation is 1. The monoisotopic (exact) mass is 235 g/mol. The summed E-state index contributed by atoms with van der Waals surface area (Å²) in [7, 11) is 0. The molecule has 1 heterocycles. The minimum atomic E-state index is 0.235. The van der Waals surface area contributed by atoms with E-state index in [0.29, 0.717) is 0 Å². The highest BCUT2D eigenvalue weighted by Gasteiger charge is 2.11. The quantitative estimate of drug-likeness (QED) is 0.572. The molecule has 0 radical (unpaired) electrons. The molecule has 16 heavy (non-hydrogen) atoms. The van der Waals surface area contributed by atoms with Crippen molar-refractivity contribution in [2.75, 3.05) is 0 Å². The van der Waals surface area contributed by atoms with Crippen LogP contribution in [0, 0.1) is 0 Å². The summed E-state index contributed by atoms with van der Waals surface area (Å²) in [5.41, 5.74) is 3.91. The first-order valence-electron chi connectivity index (χ1n) is 6.05. The van der Waals surface area contributed by atoms with Crippen molar-refractivity contribution >= 4 is 11.6 Å². The Morgan fingerprint density at radius 2 is 2.31 bits per heavy atom. The molecule has 2 rings (SSSR count). The van der Waals surface area contributed by atoms with Crippen molar-refractivity contribution in [3.8, 4) is 0 Å². The van der Waals surface area contributed by atoms with Crippen molar-refractivity contribution in [1.29, 1.82) is 0 Å². The molecule has 0 aromatic carbocycles. The van der Waals surface area contributed by atoms with E-state index in [-0.39, 0.29) is 5.38 Å². The van der Waals surface area contributed by atoms with Crippen LogP contribution in [0.25, 0.3) is 0 Å². The van der Waals surface area contributed by atoms with E-state index in [9.17, 15) is 0 Å². The number of rotatable bonds is 3. The maximum atomic E-state index is 6.13. The van der Waals surface area contributed by atoms with Gasteiger partial charge in [-0.2, -0.15) is 0 Å². The van der Waals surface area contributed by atoms with Gasteiger partial charge in [-0.3, -0.25) is 4.98 Å². The summed E-state index contributed by atoms with van der Waals surface area (Å²) in [6.45, 7) is 2.15. The fourth-order valence-corrected chi connectivity index (χ4v) is 2.43. The van der Waals surface area contributed by atoms with Crippen LogP contribution in [0.5, 0.6) is 0 Å². The lowest BCUT2D eigenvalue weighted by Crippen LogP contribution is -2.05. The largest absolute Gasteiger partial charge is 0.261 e. The zero-order chi connectivity index (χ0) is 11.4. The zero-order valence-electron chi connectivity index (χ0n) is 9.75. The SMILES string of the molecule is CCc1ccc(CC2=CC(Cl)CCC2)nc1. The van der Waals surface area contributed by atoms with E-state index < -0.39 is 0 Å². The first kappa shape index (κ1) is 11.7. The third kappa shape index (κ3) is 3.08. The van der Waals surface area contributed by atoms with Crippen LogP contribution in [-0.2, 0) is 12.8 Å². The standard InChI is InChI=1S/C14H18ClN/c1-2-11-6-7-14(16-10-11)9-12-4-3-5-13(15)8-12/h6-8,10,13H,2-5,9H2,1H3. The molecule has 0 saturated carbocycles. The van der Waals surface area contributed by atoms with Gasteiger partial charge >= 0.3 is 0 Å². The summed E-state index contributed by atoms with van der Waals surface area (Å²) >= 11 is 6.13. The van der Waals surface area contributed by atoms with Gasteiger partial charge in [0.15, 0.2) is 0 Å². The highest BCUT2D eigenvalue weighted by molar-refractivity contribution is 6.21. The Kier molecular flexibility index (Phi) is 4.00. The lowest BCUT2D eigenvalue weighted by molar-refractivity contribution is 0.690. The Bertz CT molecular complexity index is 367. The van der Waals surface area contributed by atoms with Crippen LogP contribution in [0.2, 0.25) is 0 Å². The molecule has 0 bridgehead atoms. The fraction of sp³-hybridized carbons (Fsp3) is 0.500. The highest BCUT2D eigenvalue weighted by Crippen LogP contribution is 2.24. The first-order chi connectivity index (χ1) is 7.78. The van der Waals surface area contributed by atoms with Crippen molar-refractivity contribution in [2.24, 2.45) is 0 Å². The summed E-state index contributed by atoms with van der Waals surface area (Å²) in [6, 6.07) is 4.31. The Hall–Kier alpha value is -0.820. The number of nitrogens with zero attached hydrogens (tertiary/aromatic N) is 1. The zero-order valence-corrected chi connectivity index (χ0v) is 10.5. The number of alkyl halides is 1. The molecule has 1 nitrogen and oxygen atoms in total. The Morgan fingerprint density at radius 3 is 2.94 bits per heavy atom. The van der Waals surface area contributed by atoms with Crippen LogP contribution in [0.4, 0.5) is 0 Å². The average molecular weight is 236 g/mol. The van der Waals surface area contributed by atoms with E-state index in [0.717, 1.165) is 25.0 Å². The van der Waals surface area contributed by atoms with Crippen molar-refractivity contribution in [2.45, 2.75) is 44.4 Å². The molecular weight excluding hydrogens is 218 g/mol. The van der Waals surface area contributed by atoms with Gasteiger partial charge in [-0.15, -0.1) is 11.6 Å². The van der Waals surface area contributed by atoms with Gasteiger partial charge in [0.2, 0.25) is 0 Å². The predicted octanol–water partition coefficient (Wildman–Crippen LogP) is 3.90. The molecule has 0 N–H and O–H groups in total. The predicted molar refractivity (Wildman–Crippen MR) is 68.9 cm³/mol. The maximum Gasteiger partial charge on any atom is 0.0518 e. The van der Waals surface area contributed by atoms with Crippen molar-refractivity contribution < 1.29 is 0 Å². The molecule has 0 amide bonds. The molecule has 2 heteroatoms. The van der Waals surface area contributed by atoms with Gasteiger partial charge in [0.1, 0.15) is 0 Å². The Balaban J connectivity index is 2.03. The summed E-state index contributed by atoms with van der Waals surface area (Å²) in [6.07, 6.45) is 9.73. The molecule has 1 atom stereocenters. The normalized spacial score (nSPS) is 20.6. The van der Waals surface area contributed by atoms with E-state index in [4.69, 9.17) is 11.6 Å². The second kappa shape index (κ2) is 5.49. The van der Waals surface area contributed by atoms with Crippen LogP contribution in [0.15, 0.2) is 30.0 Å². The second-order valence-corrected chi connectivity index (χ2v) is 4.98. The van der Waals surface area contributed by atoms with E-state index in [2.05, 4.69) is 30.1 Å². The van der Waals surface area contributed by atoms with Gasteiger partial charge in [0.25, 0.3) is 0 Å². The highest BCUT2D eigenvalue weighted by atomic mass is 35.5. The van der Waals surface area contributed by atoms with Gasteiger partial charge in [-0.25, -0.2) is 0 Å². The maximum absolute atomic E-state index is 6.13. The molecular formula is C14H18ClN. The third-order valence-electron chi connectivity index (χ3n) is 3.10. The number of aromatic nitrogens is 1. The molecule has 0 fully saturated rings. The van der Waals surface area contributed by atoms with E-state index in [1.807, 2.05) is 6.20 Å². The molecule has 1 aliphatic rings. The van der Waals surface area contributed by atoms with Crippen LogP contribution >= 0.6 is 11.6 Å². The fourth-order valence-electron chi connectivity index (χ4n) is 2.10. The average Bonchev–Trinajstić information content (AvgIpc) is 2.30. The second-order valence-electron chi connectivity index (χ2n) is 4.42. The topological polar surface area (TPSA) is 12.9 Å². The Labute approximate surface area is 103 Å². The minimum Gasteiger partial charge on any atom is -0.261 e. The molecule has 86 valence electrons. The summed E-state index contributed by atoms with van der Waals surface area (Å²) < 4.78 is 0. The van der Waals surface area contributed by atoms with Crippen molar-refractivity contribution in [1.82, 2.24) is 4.98 Å². The van der Waals surface area contributed by atoms with Crippen molar-refractivity contribution in [3.63, 3.8) is 0 Å². The number of hydrogen-bond acceptors (Lipinski definition) is 1. The van der Waals surface area contributed by atoms with Crippen LogP contribution in [0.1, 0.15) is 37.4 Å². The summed E-state index contributed by atoms with van der Waals surface area (Å²) in [4.78, 5) is 4.48. The first-order valence-corrected chi connectivity index (χ1v) is 6.49. The number of pyridine rings is 1. The van der Waals surface area contributed by atoms with E-state index in [1.54, 1.807) is 0 Å². The third-order valence-corrected chi connectivity index (χ3v) is 3.44. The molecule has 0 aliphatic heterocycles. The van der Waals surface area contributed by atoms with E-state index in [1.165, 1.54) is 24.0 Å². The summed E-state index contributed by atoms with van der Waals surface area (Å²) in [5, 5.41) is 0.235. The number of hydrogen-bond donors (Lipinski definition) is 0. The molecule has 1 aromatic rings. The Morgan fingerprint density at radius 1 is 1.44 bits per heavy atom. The lowest BCUT2D eigenvalue weighted by atomic mass is 9.95. The minimum absolute atomic E-state index is 0.235. The number of allylic oxidation sites excluding steroid dienone is 2. The lowest BCUT2D eigenvalue weighted by Gasteiger charge is -2.16. The molecule has 0 saturated heterocycles. The van der Waals surface area contributed by atoms with Crippen LogP contribution < -0.4 is 0 Å². The van der Waals surface area contributed by atoms with Crippen molar-refractivity contribution in [3.05, 3.63) is 41.2 Å². The van der Waals surface area contributed by atoms with Gasteiger partial charge in [-0.1, -0.05) is 24.6 Å².